The molecule has 3 aromatic rings. The zero-order valence-corrected chi connectivity index (χ0v) is 18.1. The Kier molecular flexibility index (Phi) is 5.98. The molecule has 0 saturated carbocycles. The molecule has 10 heteroatoms. The van der Waals surface area contributed by atoms with Crippen molar-refractivity contribution in [1.29, 1.82) is 0 Å². The van der Waals surface area contributed by atoms with Crippen LogP contribution in [0.2, 0.25) is 20.1 Å². The van der Waals surface area contributed by atoms with Gasteiger partial charge in [0.05, 0.1) is 5.02 Å². The predicted octanol–water partition coefficient (Wildman–Crippen LogP) is 5.89. The third-order valence-corrected chi connectivity index (χ3v) is 7.07. The molecule has 0 aliphatic heterocycles. The van der Waals surface area contributed by atoms with Crippen LogP contribution in [0, 0.1) is 0 Å². The Hall–Kier alpha value is -1.67. The minimum atomic E-state index is -5.14. The highest BCUT2D eigenvalue weighted by atomic mass is 35.5. The van der Waals surface area contributed by atoms with Gasteiger partial charge in [-0.25, -0.2) is 0 Å². The lowest BCUT2D eigenvalue weighted by atomic mass is 9.83. The molecule has 0 aliphatic carbocycles. The Morgan fingerprint density at radius 1 is 0.828 bits per heavy atom. The minimum absolute atomic E-state index is 0.0779. The maximum Gasteiger partial charge on any atom is 0.283 e. The fourth-order valence-corrected chi connectivity index (χ4v) is 5.80. The van der Waals surface area contributed by atoms with Gasteiger partial charge in [0.15, 0.2) is 4.75 Å². The molecule has 0 amide bonds. The molecule has 0 radical (unpaired) electrons. The standard InChI is InChI=1S/C19H12Cl4O5S/c20-11-4-5-14(21)13(9-11)19(29(26,27)28,10-2-1-3-12(24)8-10)17-15(22)6-7-16(25)18(17)23/h1-9,24-25H,(H,26,27,28). The molecule has 5 nitrogen and oxygen atoms in total. The van der Waals surface area contributed by atoms with E-state index in [1.807, 2.05) is 0 Å². The molecule has 0 fully saturated rings. The Morgan fingerprint density at radius 3 is 2.10 bits per heavy atom. The van der Waals surface area contributed by atoms with Crippen molar-refractivity contribution in [3.8, 4) is 11.5 Å². The van der Waals surface area contributed by atoms with E-state index in [0.29, 0.717) is 0 Å². The second-order valence-corrected chi connectivity index (χ2v) is 9.28. The van der Waals surface area contributed by atoms with Crippen molar-refractivity contribution in [3.63, 3.8) is 0 Å². The lowest BCUT2D eigenvalue weighted by Gasteiger charge is -2.34. The highest BCUT2D eigenvalue weighted by Gasteiger charge is 2.52. The number of phenolic OH excluding ortho intramolecular Hbond substituents is 2. The first kappa shape index (κ1) is 22.0. The molecule has 3 aromatic carbocycles. The third-order valence-electron chi connectivity index (χ3n) is 4.37. The van der Waals surface area contributed by atoms with E-state index >= 15 is 0 Å². The molecule has 0 saturated heterocycles. The number of hydrogen-bond donors (Lipinski definition) is 3. The Bertz CT molecular complexity index is 1210. The quantitative estimate of drug-likeness (QED) is 0.311. The van der Waals surface area contributed by atoms with Crippen molar-refractivity contribution in [1.82, 2.24) is 0 Å². The molecule has 3 rings (SSSR count). The first-order valence-electron chi connectivity index (χ1n) is 7.89. The van der Waals surface area contributed by atoms with E-state index in [0.717, 1.165) is 6.07 Å². The summed E-state index contributed by atoms with van der Waals surface area (Å²) in [4.78, 5) is 0. The van der Waals surface area contributed by atoms with Gasteiger partial charge in [0, 0.05) is 26.2 Å². The van der Waals surface area contributed by atoms with E-state index in [9.17, 15) is 23.2 Å². The summed E-state index contributed by atoms with van der Waals surface area (Å²) in [6.45, 7) is 0. The molecule has 0 aromatic heterocycles. The zero-order chi connectivity index (χ0) is 21.6. The molecule has 0 spiro atoms. The van der Waals surface area contributed by atoms with Gasteiger partial charge in [0.2, 0.25) is 0 Å². The number of hydrogen-bond acceptors (Lipinski definition) is 4. The van der Waals surface area contributed by atoms with E-state index < -0.39 is 25.6 Å². The number of aromatic hydroxyl groups is 2. The van der Waals surface area contributed by atoms with E-state index in [1.54, 1.807) is 0 Å². The van der Waals surface area contributed by atoms with Crippen molar-refractivity contribution in [2.75, 3.05) is 0 Å². The van der Waals surface area contributed by atoms with E-state index in [1.165, 1.54) is 48.5 Å². The van der Waals surface area contributed by atoms with E-state index in [-0.39, 0.29) is 37.5 Å². The van der Waals surface area contributed by atoms with Crippen LogP contribution in [0.1, 0.15) is 16.7 Å². The molecular formula is C19H12Cl4O5S. The Labute approximate surface area is 186 Å². The van der Waals surface area contributed by atoms with Crippen LogP contribution in [0.5, 0.6) is 11.5 Å². The molecule has 1 atom stereocenters. The van der Waals surface area contributed by atoms with Gasteiger partial charge in [-0.1, -0.05) is 58.5 Å². The van der Waals surface area contributed by atoms with Gasteiger partial charge in [-0.2, -0.15) is 8.42 Å². The van der Waals surface area contributed by atoms with Crippen LogP contribution >= 0.6 is 46.4 Å². The molecule has 0 heterocycles. The number of phenols is 2. The summed E-state index contributed by atoms with van der Waals surface area (Å²) in [6.07, 6.45) is 0. The smallest absolute Gasteiger partial charge is 0.283 e. The molecule has 1 unspecified atom stereocenters. The zero-order valence-electron chi connectivity index (χ0n) is 14.3. The average molecular weight is 494 g/mol. The van der Waals surface area contributed by atoms with Gasteiger partial charge < -0.3 is 10.2 Å². The summed E-state index contributed by atoms with van der Waals surface area (Å²) >= 11 is 25.0. The summed E-state index contributed by atoms with van der Waals surface area (Å²) in [5, 5.41) is 19.6. The summed E-state index contributed by atoms with van der Waals surface area (Å²) < 4.78 is 34.0. The van der Waals surface area contributed by atoms with Crippen LogP contribution in [0.25, 0.3) is 0 Å². The van der Waals surface area contributed by atoms with Gasteiger partial charge >= 0.3 is 0 Å². The van der Waals surface area contributed by atoms with E-state index in [4.69, 9.17) is 46.4 Å². The fourth-order valence-electron chi connectivity index (χ4n) is 3.21. The molecular weight excluding hydrogens is 482 g/mol. The van der Waals surface area contributed by atoms with Crippen molar-refractivity contribution in [3.05, 3.63) is 91.4 Å². The van der Waals surface area contributed by atoms with Gasteiger partial charge in [-0.3, -0.25) is 4.55 Å². The first-order chi connectivity index (χ1) is 13.5. The molecule has 0 bridgehead atoms. The van der Waals surface area contributed by atoms with Gasteiger partial charge in [0.1, 0.15) is 11.5 Å². The Balaban J connectivity index is 2.68. The summed E-state index contributed by atoms with van der Waals surface area (Å²) in [5.74, 6) is -0.765. The monoisotopic (exact) mass is 492 g/mol. The van der Waals surface area contributed by atoms with Gasteiger partial charge in [0.25, 0.3) is 10.1 Å². The number of rotatable bonds is 4. The SMILES string of the molecule is O=S(=O)(O)C(c1cccc(O)c1)(c1cc(Cl)ccc1Cl)c1c(Cl)ccc(O)c1Cl. The maximum atomic E-state index is 13.0. The first-order valence-corrected chi connectivity index (χ1v) is 10.8. The average Bonchev–Trinajstić information content (AvgIpc) is 2.63. The second-order valence-electron chi connectivity index (χ2n) is 6.09. The van der Waals surface area contributed by atoms with Crippen LogP contribution in [0.3, 0.4) is 0 Å². The third kappa shape index (κ3) is 3.65. The van der Waals surface area contributed by atoms with Crippen molar-refractivity contribution in [2.24, 2.45) is 0 Å². The van der Waals surface area contributed by atoms with Gasteiger partial charge in [-0.05, 0) is 48.0 Å². The lowest BCUT2D eigenvalue weighted by molar-refractivity contribution is 0.455. The molecule has 29 heavy (non-hydrogen) atoms. The summed E-state index contributed by atoms with van der Waals surface area (Å²) in [6, 6.07) is 11.5. The summed E-state index contributed by atoms with van der Waals surface area (Å²) in [5.41, 5.74) is -0.647. The van der Waals surface area contributed by atoms with Crippen LogP contribution in [-0.2, 0) is 14.9 Å². The number of halogens is 4. The fraction of sp³-hybridized carbons (Fsp3) is 0.0526. The van der Waals surface area contributed by atoms with Gasteiger partial charge in [-0.15, -0.1) is 0 Å². The number of benzene rings is 3. The topological polar surface area (TPSA) is 94.8 Å². The maximum absolute atomic E-state index is 13.0. The highest BCUT2D eigenvalue weighted by molar-refractivity contribution is 7.87. The van der Waals surface area contributed by atoms with Crippen molar-refractivity contribution >= 4 is 56.5 Å². The molecule has 152 valence electrons. The van der Waals surface area contributed by atoms with Crippen LogP contribution < -0.4 is 0 Å². The molecule has 3 N–H and O–H groups in total. The predicted molar refractivity (Wildman–Crippen MR) is 114 cm³/mol. The lowest BCUT2D eigenvalue weighted by Crippen LogP contribution is -2.39. The highest BCUT2D eigenvalue weighted by Crippen LogP contribution is 2.53. The summed E-state index contributed by atoms with van der Waals surface area (Å²) in [7, 11) is -5.14. The minimum Gasteiger partial charge on any atom is -0.508 e. The normalized spacial score (nSPS) is 13.8. The molecule has 0 aliphatic rings. The van der Waals surface area contributed by atoms with Crippen LogP contribution in [0.15, 0.2) is 54.6 Å². The van der Waals surface area contributed by atoms with Crippen LogP contribution in [-0.4, -0.2) is 23.2 Å². The van der Waals surface area contributed by atoms with Crippen molar-refractivity contribution < 1.29 is 23.2 Å². The second kappa shape index (κ2) is 7.87. The van der Waals surface area contributed by atoms with Crippen LogP contribution in [0.4, 0.5) is 0 Å². The van der Waals surface area contributed by atoms with E-state index in [2.05, 4.69) is 0 Å². The largest absolute Gasteiger partial charge is 0.508 e. The Morgan fingerprint density at radius 2 is 1.48 bits per heavy atom. The van der Waals surface area contributed by atoms with Crippen molar-refractivity contribution in [2.45, 2.75) is 4.75 Å².